The Balaban J connectivity index is 0.00000576. The Morgan fingerprint density at radius 2 is 2.00 bits per heavy atom. The first kappa shape index (κ1) is 23.4. The molecule has 0 saturated heterocycles. The number of guanidine groups is 1. The molecule has 0 aliphatic heterocycles. The van der Waals surface area contributed by atoms with Gasteiger partial charge in [0.2, 0.25) is 5.91 Å². The first-order valence-electron chi connectivity index (χ1n) is 7.83. The largest absolute Gasteiger partial charge is 0.489 e. The fourth-order valence-electron chi connectivity index (χ4n) is 2.06. The van der Waals surface area contributed by atoms with Crippen LogP contribution in [0.3, 0.4) is 0 Å². The maximum atomic E-state index is 13.5. The molecule has 0 atom stereocenters. The van der Waals surface area contributed by atoms with Gasteiger partial charge in [0.05, 0.1) is 12.0 Å². The second-order valence-corrected chi connectivity index (χ2v) is 6.06. The van der Waals surface area contributed by atoms with E-state index in [1.54, 1.807) is 32.3 Å². The average Bonchev–Trinajstić information content (AvgIpc) is 2.56. The van der Waals surface area contributed by atoms with Gasteiger partial charge in [-0.2, -0.15) is 0 Å². The van der Waals surface area contributed by atoms with Gasteiger partial charge < -0.3 is 20.3 Å². The highest BCUT2D eigenvalue weighted by Crippen LogP contribution is 2.15. The molecule has 0 aliphatic carbocycles. The van der Waals surface area contributed by atoms with E-state index in [4.69, 9.17) is 4.74 Å². The zero-order valence-corrected chi connectivity index (χ0v) is 17.8. The van der Waals surface area contributed by atoms with Crippen molar-refractivity contribution in [1.29, 1.82) is 0 Å². The Kier molecular flexibility index (Phi) is 10.4. The number of nitrogens with zero attached hydrogens (tertiary/aromatic N) is 2. The van der Waals surface area contributed by atoms with Crippen LogP contribution in [0.4, 0.5) is 4.39 Å². The van der Waals surface area contributed by atoms with E-state index in [-0.39, 0.29) is 41.5 Å². The summed E-state index contributed by atoms with van der Waals surface area (Å²) in [6, 6.07) is 6.30. The van der Waals surface area contributed by atoms with Gasteiger partial charge in [0.25, 0.3) is 0 Å². The van der Waals surface area contributed by atoms with Crippen LogP contribution in [0.25, 0.3) is 0 Å². The number of carbonyl (C=O) groups is 1. The van der Waals surface area contributed by atoms with Crippen molar-refractivity contribution in [3.05, 3.63) is 30.1 Å². The van der Waals surface area contributed by atoms with Crippen LogP contribution in [0.1, 0.15) is 13.8 Å². The molecule has 0 saturated carbocycles. The molecule has 0 bridgehead atoms. The number of rotatable bonds is 7. The van der Waals surface area contributed by atoms with Gasteiger partial charge in [0, 0.05) is 27.7 Å². The number of hydrogen-bond donors (Lipinski definition) is 2. The van der Waals surface area contributed by atoms with Gasteiger partial charge in [-0.25, -0.2) is 4.39 Å². The van der Waals surface area contributed by atoms with Crippen LogP contribution < -0.4 is 15.4 Å². The lowest BCUT2D eigenvalue weighted by Gasteiger charge is -2.27. The van der Waals surface area contributed by atoms with Crippen molar-refractivity contribution in [1.82, 2.24) is 15.5 Å². The summed E-state index contributed by atoms with van der Waals surface area (Å²) >= 11 is 0. The predicted molar refractivity (Wildman–Crippen MR) is 109 cm³/mol. The highest BCUT2D eigenvalue weighted by Gasteiger charge is 2.27. The molecule has 1 aromatic rings. The zero-order valence-electron chi connectivity index (χ0n) is 15.4. The molecule has 0 unspecified atom stereocenters. The zero-order chi connectivity index (χ0) is 18.2. The van der Waals surface area contributed by atoms with Crippen LogP contribution in [-0.2, 0) is 4.79 Å². The Labute approximate surface area is 166 Å². The Hall–Kier alpha value is -1.58. The van der Waals surface area contributed by atoms with Crippen molar-refractivity contribution in [2.75, 3.05) is 40.8 Å². The minimum Gasteiger partial charge on any atom is -0.489 e. The van der Waals surface area contributed by atoms with Gasteiger partial charge in [0.1, 0.15) is 6.61 Å². The molecule has 0 fully saturated rings. The lowest BCUT2D eigenvalue weighted by atomic mass is 9.92. The summed E-state index contributed by atoms with van der Waals surface area (Å²) in [5.74, 6) is 0.449. The third-order valence-corrected chi connectivity index (χ3v) is 3.62. The number of likely N-dealkylation sites (N-methyl/N-ethyl adjacent to an activating group) is 1. The van der Waals surface area contributed by atoms with Crippen LogP contribution >= 0.6 is 24.0 Å². The van der Waals surface area contributed by atoms with Gasteiger partial charge in [-0.1, -0.05) is 12.1 Å². The van der Waals surface area contributed by atoms with Crippen LogP contribution in [0.15, 0.2) is 29.3 Å². The number of aliphatic imine (C=N–C) groups is 1. The fourth-order valence-corrected chi connectivity index (χ4v) is 2.06. The fraction of sp³-hybridized carbons (Fsp3) is 0.529. The highest BCUT2D eigenvalue weighted by atomic mass is 127. The van der Waals surface area contributed by atoms with E-state index in [0.29, 0.717) is 25.7 Å². The van der Waals surface area contributed by atoms with Crippen LogP contribution in [0.5, 0.6) is 5.75 Å². The number of carbonyl (C=O) groups excluding carboxylic acids is 1. The molecule has 8 heteroatoms. The van der Waals surface area contributed by atoms with Crippen molar-refractivity contribution in [3.8, 4) is 5.75 Å². The number of hydrogen-bond acceptors (Lipinski definition) is 3. The monoisotopic (exact) mass is 466 g/mol. The molecule has 0 aliphatic rings. The molecular weight excluding hydrogens is 438 g/mol. The smallest absolute Gasteiger partial charge is 0.227 e. The summed E-state index contributed by atoms with van der Waals surface area (Å²) in [7, 11) is 5.14. The van der Waals surface area contributed by atoms with E-state index in [1.807, 2.05) is 25.8 Å². The summed E-state index contributed by atoms with van der Waals surface area (Å²) in [4.78, 5) is 17.9. The molecule has 142 valence electrons. The van der Waals surface area contributed by atoms with Crippen LogP contribution in [-0.4, -0.2) is 57.6 Å². The molecule has 0 spiro atoms. The second-order valence-electron chi connectivity index (χ2n) is 6.06. The number of amides is 1. The minimum atomic E-state index is -0.560. The summed E-state index contributed by atoms with van der Waals surface area (Å²) in [6.45, 7) is 4.99. The van der Waals surface area contributed by atoms with E-state index in [9.17, 15) is 9.18 Å². The van der Waals surface area contributed by atoms with Crippen LogP contribution in [0.2, 0.25) is 0 Å². The summed E-state index contributed by atoms with van der Waals surface area (Å²) in [6.07, 6.45) is 0. The SMILES string of the molecule is CN=C(NCC(C)(C)C(=O)NC)N(C)CCOc1ccccc1F.I. The van der Waals surface area contributed by atoms with Gasteiger partial charge >= 0.3 is 0 Å². The van der Waals surface area contributed by atoms with E-state index >= 15 is 0 Å². The van der Waals surface area contributed by atoms with Crippen molar-refractivity contribution in [2.45, 2.75) is 13.8 Å². The second kappa shape index (κ2) is 11.1. The van der Waals surface area contributed by atoms with Crippen molar-refractivity contribution in [2.24, 2.45) is 10.4 Å². The third-order valence-electron chi connectivity index (χ3n) is 3.62. The van der Waals surface area contributed by atoms with Gasteiger partial charge in [0.15, 0.2) is 17.5 Å². The topological polar surface area (TPSA) is 66.0 Å². The molecule has 1 rings (SSSR count). The maximum Gasteiger partial charge on any atom is 0.227 e. The van der Waals surface area contributed by atoms with Crippen LogP contribution in [0, 0.1) is 11.2 Å². The molecular formula is C17H28FIN4O2. The summed E-state index contributed by atoms with van der Waals surface area (Å²) < 4.78 is 18.9. The van der Waals surface area contributed by atoms with Gasteiger partial charge in [-0.05, 0) is 26.0 Å². The first-order chi connectivity index (χ1) is 11.3. The standard InChI is InChI=1S/C17H27FN4O2.HI/c1-17(2,15(23)19-3)12-21-16(20-4)22(5)10-11-24-14-9-7-6-8-13(14)18;/h6-9H,10-12H2,1-5H3,(H,19,23)(H,20,21);1H. The summed E-state index contributed by atoms with van der Waals surface area (Å²) in [5, 5.41) is 5.82. The molecule has 0 aromatic heterocycles. The average molecular weight is 466 g/mol. The molecule has 1 amide bonds. The summed E-state index contributed by atoms with van der Waals surface area (Å²) in [5.41, 5.74) is -0.560. The molecule has 0 heterocycles. The maximum absolute atomic E-state index is 13.5. The first-order valence-corrected chi connectivity index (χ1v) is 7.83. The van der Waals surface area contributed by atoms with Crippen molar-refractivity contribution >= 4 is 35.8 Å². The van der Waals surface area contributed by atoms with Gasteiger partial charge in [-0.15, -0.1) is 24.0 Å². The molecule has 2 N–H and O–H groups in total. The Bertz CT molecular complexity index is 582. The molecule has 1 aromatic carbocycles. The third kappa shape index (κ3) is 7.45. The Morgan fingerprint density at radius 1 is 1.36 bits per heavy atom. The highest BCUT2D eigenvalue weighted by molar-refractivity contribution is 14.0. The Morgan fingerprint density at radius 3 is 2.56 bits per heavy atom. The van der Waals surface area contributed by atoms with Crippen molar-refractivity contribution < 1.29 is 13.9 Å². The number of nitrogens with one attached hydrogen (secondary N) is 2. The lowest BCUT2D eigenvalue weighted by molar-refractivity contribution is -0.128. The number of para-hydroxylation sites is 1. The van der Waals surface area contributed by atoms with E-state index in [2.05, 4.69) is 15.6 Å². The minimum absolute atomic E-state index is 0. The number of benzene rings is 1. The van der Waals surface area contributed by atoms with Gasteiger partial charge in [-0.3, -0.25) is 9.79 Å². The number of halogens is 2. The lowest BCUT2D eigenvalue weighted by Crippen LogP contribution is -2.48. The number of ether oxygens (including phenoxy) is 1. The molecule has 0 radical (unpaired) electrons. The van der Waals surface area contributed by atoms with Crippen molar-refractivity contribution in [3.63, 3.8) is 0 Å². The van der Waals surface area contributed by atoms with E-state index in [0.717, 1.165) is 0 Å². The predicted octanol–water partition coefficient (Wildman–Crippen LogP) is 2.10. The molecule has 6 nitrogen and oxygen atoms in total. The van der Waals surface area contributed by atoms with E-state index < -0.39 is 5.41 Å². The van der Waals surface area contributed by atoms with E-state index in [1.165, 1.54) is 6.07 Å². The normalized spacial score (nSPS) is 11.4. The molecule has 25 heavy (non-hydrogen) atoms. The quantitative estimate of drug-likeness (QED) is 0.367.